The Balaban J connectivity index is 1.62. The number of carbonyl (C=O) groups is 1. The van der Waals surface area contributed by atoms with Crippen LogP contribution in [0.1, 0.15) is 27.6 Å². The molecule has 3 aliphatic heterocycles. The third-order valence-electron chi connectivity index (χ3n) is 3.97. The fourth-order valence-electron chi connectivity index (χ4n) is 2.91. The minimum absolute atomic E-state index is 0.169. The zero-order valence-corrected chi connectivity index (χ0v) is 11.3. The van der Waals surface area contributed by atoms with Crippen LogP contribution in [0.4, 0.5) is 0 Å². The van der Waals surface area contributed by atoms with Gasteiger partial charge < -0.3 is 23.7 Å². The van der Waals surface area contributed by atoms with Crippen LogP contribution in [0.3, 0.4) is 0 Å². The number of ether oxygens (including phenoxy) is 5. The molecule has 6 nitrogen and oxygen atoms in total. The van der Waals surface area contributed by atoms with E-state index in [4.69, 9.17) is 23.7 Å². The monoisotopic (exact) mass is 298 g/mol. The second kappa shape index (κ2) is 4.07. The van der Waals surface area contributed by atoms with Crippen molar-refractivity contribution < 1.29 is 28.5 Å². The van der Waals surface area contributed by atoms with Crippen molar-refractivity contribution in [1.82, 2.24) is 0 Å². The molecule has 0 bridgehead atoms. The van der Waals surface area contributed by atoms with Gasteiger partial charge in [-0.25, -0.2) is 4.79 Å². The van der Waals surface area contributed by atoms with Crippen molar-refractivity contribution in [2.45, 2.75) is 6.10 Å². The summed E-state index contributed by atoms with van der Waals surface area (Å²) < 4.78 is 26.9. The van der Waals surface area contributed by atoms with E-state index in [-0.39, 0.29) is 19.6 Å². The van der Waals surface area contributed by atoms with Crippen LogP contribution in [0, 0.1) is 0 Å². The molecule has 5 rings (SSSR count). The van der Waals surface area contributed by atoms with E-state index >= 15 is 0 Å². The second-order valence-corrected chi connectivity index (χ2v) is 5.19. The number of cyclic esters (lactones) is 1. The van der Waals surface area contributed by atoms with Crippen LogP contribution in [-0.2, 0) is 4.74 Å². The number of fused-ring (bicyclic) bond motifs is 3. The van der Waals surface area contributed by atoms with Crippen LogP contribution < -0.4 is 18.9 Å². The summed E-state index contributed by atoms with van der Waals surface area (Å²) in [5.74, 6) is 2.18. The summed E-state index contributed by atoms with van der Waals surface area (Å²) in [4.78, 5) is 12.1. The molecule has 0 fully saturated rings. The zero-order valence-electron chi connectivity index (χ0n) is 11.3. The van der Waals surface area contributed by atoms with Crippen LogP contribution in [-0.4, -0.2) is 19.6 Å². The third-order valence-corrected chi connectivity index (χ3v) is 3.97. The number of carbonyl (C=O) groups excluding carboxylic acids is 1. The average molecular weight is 298 g/mol. The van der Waals surface area contributed by atoms with Gasteiger partial charge in [0.15, 0.2) is 29.1 Å². The van der Waals surface area contributed by atoms with Gasteiger partial charge in [-0.1, -0.05) is 6.07 Å². The van der Waals surface area contributed by atoms with E-state index in [1.54, 1.807) is 12.1 Å². The summed E-state index contributed by atoms with van der Waals surface area (Å²) >= 11 is 0. The predicted molar refractivity (Wildman–Crippen MR) is 72.4 cm³/mol. The topological polar surface area (TPSA) is 63.2 Å². The van der Waals surface area contributed by atoms with Gasteiger partial charge in [0.05, 0.1) is 5.56 Å². The van der Waals surface area contributed by atoms with E-state index < -0.39 is 6.10 Å². The van der Waals surface area contributed by atoms with Gasteiger partial charge in [-0.2, -0.15) is 0 Å². The van der Waals surface area contributed by atoms with Gasteiger partial charge in [0.2, 0.25) is 13.6 Å². The molecule has 0 saturated carbocycles. The van der Waals surface area contributed by atoms with E-state index in [0.29, 0.717) is 28.6 Å². The van der Waals surface area contributed by atoms with Gasteiger partial charge in [0, 0.05) is 11.1 Å². The molecule has 0 saturated heterocycles. The lowest BCUT2D eigenvalue weighted by Crippen LogP contribution is -2.01. The number of benzene rings is 2. The van der Waals surface area contributed by atoms with Crippen molar-refractivity contribution in [2.24, 2.45) is 0 Å². The number of hydrogen-bond acceptors (Lipinski definition) is 6. The lowest BCUT2D eigenvalue weighted by molar-refractivity contribution is 0.0454. The fourth-order valence-corrected chi connectivity index (χ4v) is 2.91. The Kier molecular flexibility index (Phi) is 2.17. The second-order valence-electron chi connectivity index (χ2n) is 5.19. The van der Waals surface area contributed by atoms with Crippen LogP contribution in [0.25, 0.3) is 0 Å². The molecule has 1 unspecified atom stereocenters. The summed E-state index contributed by atoms with van der Waals surface area (Å²) in [6.45, 7) is 0.375. The largest absolute Gasteiger partial charge is 0.454 e. The number of hydrogen-bond donors (Lipinski definition) is 0. The molecule has 1 atom stereocenters. The smallest absolute Gasteiger partial charge is 0.339 e. The highest BCUT2D eigenvalue weighted by Crippen LogP contribution is 2.45. The van der Waals surface area contributed by atoms with Crippen molar-refractivity contribution >= 4 is 5.97 Å². The minimum atomic E-state index is -0.480. The van der Waals surface area contributed by atoms with E-state index in [1.165, 1.54) is 0 Å². The average Bonchev–Trinajstić information content (AvgIpc) is 3.23. The molecule has 3 heterocycles. The first-order chi connectivity index (χ1) is 10.8. The Morgan fingerprint density at radius 3 is 2.32 bits per heavy atom. The highest BCUT2D eigenvalue weighted by atomic mass is 16.7. The predicted octanol–water partition coefficient (Wildman–Crippen LogP) is 2.40. The summed E-state index contributed by atoms with van der Waals surface area (Å²) in [5.41, 5.74) is 2.11. The van der Waals surface area contributed by atoms with Crippen molar-refractivity contribution in [3.8, 4) is 23.0 Å². The molecule has 6 heteroatoms. The van der Waals surface area contributed by atoms with Gasteiger partial charge in [0.25, 0.3) is 0 Å². The summed E-state index contributed by atoms with van der Waals surface area (Å²) in [7, 11) is 0. The SMILES string of the molecule is O=C1OC(c2ccc3c(c2)OCO3)c2cc3c(cc21)OCO3. The van der Waals surface area contributed by atoms with E-state index in [0.717, 1.165) is 11.1 Å². The van der Waals surface area contributed by atoms with Gasteiger partial charge in [0.1, 0.15) is 0 Å². The Morgan fingerprint density at radius 2 is 1.50 bits per heavy atom. The van der Waals surface area contributed by atoms with E-state index in [1.807, 2.05) is 18.2 Å². The van der Waals surface area contributed by atoms with Crippen LogP contribution in [0.5, 0.6) is 23.0 Å². The van der Waals surface area contributed by atoms with Gasteiger partial charge in [-0.3, -0.25) is 0 Å². The van der Waals surface area contributed by atoms with Crippen LogP contribution in [0.15, 0.2) is 30.3 Å². The van der Waals surface area contributed by atoms with Crippen LogP contribution in [0.2, 0.25) is 0 Å². The molecule has 3 aliphatic rings. The van der Waals surface area contributed by atoms with Gasteiger partial charge in [-0.15, -0.1) is 0 Å². The summed E-state index contributed by atoms with van der Waals surface area (Å²) in [6, 6.07) is 8.99. The Labute approximate surface area is 125 Å². The van der Waals surface area contributed by atoms with E-state index in [2.05, 4.69) is 0 Å². The number of rotatable bonds is 1. The lowest BCUT2D eigenvalue weighted by Gasteiger charge is -2.12. The molecule has 22 heavy (non-hydrogen) atoms. The quantitative estimate of drug-likeness (QED) is 0.753. The maximum atomic E-state index is 12.1. The fraction of sp³-hybridized carbons (Fsp3) is 0.188. The molecule has 0 aromatic heterocycles. The molecular formula is C16H10O6. The van der Waals surface area contributed by atoms with Crippen LogP contribution >= 0.6 is 0 Å². The normalized spacial score (nSPS) is 20.0. The molecule has 0 amide bonds. The highest BCUT2D eigenvalue weighted by Gasteiger charge is 2.35. The molecular weight excluding hydrogens is 288 g/mol. The number of esters is 1. The highest BCUT2D eigenvalue weighted by molar-refractivity contribution is 5.95. The zero-order chi connectivity index (χ0) is 14.7. The standard InChI is InChI=1S/C16H10O6/c17-16-10-5-14-13(20-7-21-14)4-9(10)15(22-16)8-1-2-11-12(3-8)19-6-18-11/h1-5,15H,6-7H2. The molecule has 110 valence electrons. The van der Waals surface area contributed by atoms with Crippen molar-refractivity contribution in [3.63, 3.8) is 0 Å². The van der Waals surface area contributed by atoms with Gasteiger partial charge >= 0.3 is 5.97 Å². The third kappa shape index (κ3) is 1.52. The molecule has 2 aromatic rings. The van der Waals surface area contributed by atoms with Gasteiger partial charge in [-0.05, 0) is 24.3 Å². The molecule has 0 radical (unpaired) electrons. The van der Waals surface area contributed by atoms with Crippen molar-refractivity contribution in [1.29, 1.82) is 0 Å². The molecule has 0 aliphatic carbocycles. The van der Waals surface area contributed by atoms with Crippen molar-refractivity contribution in [2.75, 3.05) is 13.6 Å². The molecule has 0 N–H and O–H groups in total. The Bertz CT molecular complexity index is 813. The summed E-state index contributed by atoms with van der Waals surface area (Å²) in [6.07, 6.45) is -0.480. The Hall–Kier alpha value is -2.89. The maximum absolute atomic E-state index is 12.1. The first kappa shape index (κ1) is 11.7. The first-order valence-corrected chi connectivity index (χ1v) is 6.84. The van der Waals surface area contributed by atoms with Crippen molar-refractivity contribution in [3.05, 3.63) is 47.0 Å². The van der Waals surface area contributed by atoms with E-state index in [9.17, 15) is 4.79 Å². The summed E-state index contributed by atoms with van der Waals surface area (Å²) in [5, 5.41) is 0. The first-order valence-electron chi connectivity index (χ1n) is 6.84. The lowest BCUT2D eigenvalue weighted by atomic mass is 9.98. The maximum Gasteiger partial charge on any atom is 0.339 e. The Morgan fingerprint density at radius 1 is 0.818 bits per heavy atom. The molecule has 2 aromatic carbocycles. The minimum Gasteiger partial charge on any atom is -0.454 e. The molecule has 0 spiro atoms.